The molecular weight excluding hydrogens is 551 g/mol. The van der Waals surface area contributed by atoms with Crippen molar-refractivity contribution in [1.82, 2.24) is 0 Å². The van der Waals surface area contributed by atoms with E-state index in [0.717, 1.165) is 59.1 Å². The summed E-state index contributed by atoms with van der Waals surface area (Å²) in [7, 11) is 0. The predicted octanol–water partition coefficient (Wildman–Crippen LogP) is 11.6. The highest BCUT2D eigenvalue weighted by Gasteiger charge is 2.25. The third-order valence-electron chi connectivity index (χ3n) is 9.37. The SMILES string of the molecule is C=C/C(=C(/Cc1ccc(C)c(F)c1C)C(=N)Cc1ccc(N)cc1-c1ccc(C)c(C(C)(C)C)c1)C(CCCCC)C(C)C=C. The van der Waals surface area contributed by atoms with Gasteiger partial charge in [-0.3, -0.25) is 0 Å². The molecule has 3 aromatic carbocycles. The molecule has 240 valence electrons. The fourth-order valence-corrected chi connectivity index (χ4v) is 6.52. The topological polar surface area (TPSA) is 49.9 Å². The van der Waals surface area contributed by atoms with Gasteiger partial charge in [-0.1, -0.05) is 109 Å². The number of benzene rings is 3. The molecule has 3 aromatic rings. The van der Waals surface area contributed by atoms with Gasteiger partial charge in [0.05, 0.1) is 0 Å². The van der Waals surface area contributed by atoms with Crippen molar-refractivity contribution in [3.8, 4) is 11.1 Å². The molecule has 0 spiro atoms. The number of allylic oxidation sites excluding steroid dienone is 4. The first-order valence-electron chi connectivity index (χ1n) is 16.5. The fourth-order valence-electron chi connectivity index (χ4n) is 6.52. The highest BCUT2D eigenvalue weighted by Crippen LogP contribution is 2.36. The Bertz CT molecular complexity index is 1570. The van der Waals surface area contributed by atoms with Crippen LogP contribution in [0.2, 0.25) is 0 Å². The molecule has 2 unspecified atom stereocenters. The lowest BCUT2D eigenvalue weighted by Crippen LogP contribution is -2.19. The minimum atomic E-state index is -0.174. The zero-order chi connectivity index (χ0) is 33.5. The second-order valence-corrected chi connectivity index (χ2v) is 13.8. The number of nitrogen functional groups attached to an aromatic ring is 1. The number of aryl methyl sites for hydroxylation is 2. The average molecular weight is 607 g/mol. The Kier molecular flexibility index (Phi) is 12.3. The van der Waals surface area contributed by atoms with Crippen LogP contribution in [0.3, 0.4) is 0 Å². The number of unbranched alkanes of at least 4 members (excludes halogenated alkanes) is 2. The molecule has 0 saturated heterocycles. The fraction of sp³-hybridized carbons (Fsp3) is 0.405. The van der Waals surface area contributed by atoms with Gasteiger partial charge in [0.15, 0.2) is 0 Å². The molecule has 3 heteroatoms. The smallest absolute Gasteiger partial charge is 0.129 e. The lowest BCUT2D eigenvalue weighted by molar-refractivity contribution is 0.436. The van der Waals surface area contributed by atoms with Crippen LogP contribution in [0.1, 0.15) is 93.7 Å². The highest BCUT2D eigenvalue weighted by molar-refractivity contribution is 6.01. The Morgan fingerprint density at radius 1 is 0.933 bits per heavy atom. The number of hydrogen-bond acceptors (Lipinski definition) is 2. The first kappa shape index (κ1) is 35.8. The molecule has 3 N–H and O–H groups in total. The Labute approximate surface area is 272 Å². The molecule has 2 atom stereocenters. The Morgan fingerprint density at radius 2 is 1.60 bits per heavy atom. The molecule has 0 heterocycles. The van der Waals surface area contributed by atoms with E-state index in [0.29, 0.717) is 35.4 Å². The van der Waals surface area contributed by atoms with Crippen molar-refractivity contribution >= 4 is 11.4 Å². The number of anilines is 1. The summed E-state index contributed by atoms with van der Waals surface area (Å²) >= 11 is 0. The van der Waals surface area contributed by atoms with E-state index in [9.17, 15) is 5.41 Å². The summed E-state index contributed by atoms with van der Waals surface area (Å²) in [5, 5.41) is 9.67. The molecule has 0 bridgehead atoms. The summed E-state index contributed by atoms with van der Waals surface area (Å²) in [6, 6.07) is 16.5. The van der Waals surface area contributed by atoms with Crippen LogP contribution in [0.15, 0.2) is 85.0 Å². The molecule has 0 amide bonds. The molecule has 3 rings (SSSR count). The van der Waals surface area contributed by atoms with Gasteiger partial charge in [0.1, 0.15) is 5.82 Å². The van der Waals surface area contributed by atoms with Crippen LogP contribution >= 0.6 is 0 Å². The van der Waals surface area contributed by atoms with Crippen molar-refractivity contribution in [2.75, 3.05) is 5.73 Å². The normalized spacial score (nSPS) is 13.6. The van der Waals surface area contributed by atoms with E-state index in [-0.39, 0.29) is 23.1 Å². The van der Waals surface area contributed by atoms with Crippen LogP contribution in [0.4, 0.5) is 10.1 Å². The average Bonchev–Trinajstić information content (AvgIpc) is 3.00. The maximum atomic E-state index is 15.1. The van der Waals surface area contributed by atoms with Crippen LogP contribution in [0.5, 0.6) is 0 Å². The largest absolute Gasteiger partial charge is 0.399 e. The minimum Gasteiger partial charge on any atom is -0.399 e. The summed E-state index contributed by atoms with van der Waals surface area (Å²) in [6.45, 7) is 25.3. The van der Waals surface area contributed by atoms with Crippen molar-refractivity contribution in [1.29, 1.82) is 5.41 Å². The third-order valence-corrected chi connectivity index (χ3v) is 9.37. The molecule has 45 heavy (non-hydrogen) atoms. The molecule has 0 fully saturated rings. The van der Waals surface area contributed by atoms with Gasteiger partial charge in [-0.2, -0.15) is 0 Å². The summed E-state index contributed by atoms with van der Waals surface area (Å²) < 4.78 is 15.1. The van der Waals surface area contributed by atoms with Crippen LogP contribution in [0.25, 0.3) is 11.1 Å². The molecule has 0 aliphatic heterocycles. The van der Waals surface area contributed by atoms with Gasteiger partial charge in [-0.05, 0) is 119 Å². The summed E-state index contributed by atoms with van der Waals surface area (Å²) in [5.41, 5.74) is 17.5. The summed E-state index contributed by atoms with van der Waals surface area (Å²) in [5.74, 6) is 0.214. The van der Waals surface area contributed by atoms with Crippen molar-refractivity contribution in [3.05, 3.63) is 124 Å². The van der Waals surface area contributed by atoms with Gasteiger partial charge < -0.3 is 11.1 Å². The van der Waals surface area contributed by atoms with Crippen molar-refractivity contribution in [3.63, 3.8) is 0 Å². The Hall–Kier alpha value is -3.72. The molecule has 0 saturated carbocycles. The summed E-state index contributed by atoms with van der Waals surface area (Å²) in [4.78, 5) is 0. The number of rotatable bonds is 14. The van der Waals surface area contributed by atoms with Crippen molar-refractivity contribution in [2.24, 2.45) is 11.8 Å². The van der Waals surface area contributed by atoms with Crippen LogP contribution < -0.4 is 5.73 Å². The van der Waals surface area contributed by atoms with E-state index in [1.807, 2.05) is 43.3 Å². The minimum absolute atomic E-state index is 0.00212. The Balaban J connectivity index is 2.20. The lowest BCUT2D eigenvalue weighted by atomic mass is 9.77. The van der Waals surface area contributed by atoms with E-state index in [4.69, 9.17) is 5.73 Å². The van der Waals surface area contributed by atoms with E-state index in [1.165, 1.54) is 11.1 Å². The van der Waals surface area contributed by atoms with Gasteiger partial charge in [0, 0.05) is 17.8 Å². The molecule has 0 aliphatic carbocycles. The maximum absolute atomic E-state index is 15.1. The van der Waals surface area contributed by atoms with E-state index in [1.54, 1.807) is 6.92 Å². The number of nitrogens with two attached hydrogens (primary N) is 1. The Morgan fingerprint density at radius 3 is 2.22 bits per heavy atom. The van der Waals surface area contributed by atoms with E-state index in [2.05, 4.69) is 79.0 Å². The van der Waals surface area contributed by atoms with Gasteiger partial charge >= 0.3 is 0 Å². The van der Waals surface area contributed by atoms with Crippen molar-refractivity contribution < 1.29 is 4.39 Å². The zero-order valence-electron chi connectivity index (χ0n) is 29.0. The monoisotopic (exact) mass is 606 g/mol. The van der Waals surface area contributed by atoms with E-state index >= 15 is 4.39 Å². The second kappa shape index (κ2) is 15.5. The van der Waals surface area contributed by atoms with Crippen LogP contribution in [0, 0.1) is 43.8 Å². The predicted molar refractivity (Wildman–Crippen MR) is 195 cm³/mol. The van der Waals surface area contributed by atoms with Crippen LogP contribution in [-0.4, -0.2) is 5.71 Å². The first-order chi connectivity index (χ1) is 21.2. The zero-order valence-corrected chi connectivity index (χ0v) is 29.0. The molecule has 0 aromatic heterocycles. The number of nitrogens with one attached hydrogen (secondary N) is 1. The molecular formula is C42H55FN2. The molecule has 0 aliphatic rings. The van der Waals surface area contributed by atoms with Crippen LogP contribution in [-0.2, 0) is 18.3 Å². The standard InChI is InChI=1S/C42H55FN2/c1-11-14-15-16-36(27(4)12-2)35(13-3)38(23-31-19-18-29(6)41(43)30(31)7)40(45)25-33-21-22-34(44)26-37(33)32-20-17-28(5)39(24-32)42(8,9)10/h12-13,17-22,24,26-27,36,45H,2-3,11,14-16,23,25,44H2,1,4-10H3/b38-35+,45-40?. The first-order valence-corrected chi connectivity index (χ1v) is 16.5. The maximum Gasteiger partial charge on any atom is 0.129 e. The number of hydrogen-bond donors (Lipinski definition) is 2. The van der Waals surface area contributed by atoms with Gasteiger partial charge in [-0.25, -0.2) is 4.39 Å². The van der Waals surface area contributed by atoms with Crippen molar-refractivity contribution in [2.45, 2.75) is 99.3 Å². The molecule has 2 nitrogen and oxygen atoms in total. The van der Waals surface area contributed by atoms with Gasteiger partial charge in [0.2, 0.25) is 0 Å². The van der Waals surface area contributed by atoms with E-state index < -0.39 is 0 Å². The third kappa shape index (κ3) is 8.72. The number of halogens is 1. The quantitative estimate of drug-likeness (QED) is 0.0619. The van der Waals surface area contributed by atoms with Gasteiger partial charge in [-0.15, -0.1) is 6.58 Å². The van der Waals surface area contributed by atoms with Gasteiger partial charge in [0.25, 0.3) is 0 Å². The highest BCUT2D eigenvalue weighted by atomic mass is 19.1. The lowest BCUT2D eigenvalue weighted by Gasteiger charge is -2.27. The summed E-state index contributed by atoms with van der Waals surface area (Å²) in [6.07, 6.45) is 9.25. The molecule has 0 radical (unpaired) electrons. The second-order valence-electron chi connectivity index (χ2n) is 13.8.